The van der Waals surface area contributed by atoms with Gasteiger partial charge in [-0.3, -0.25) is 0 Å². The highest BCUT2D eigenvalue weighted by molar-refractivity contribution is 5.86. The number of benzene rings is 1. The minimum Gasteiger partial charge on any atom is -0.453 e. The molecule has 0 aliphatic heterocycles. The van der Waals surface area contributed by atoms with E-state index >= 15 is 0 Å². The normalized spacial score (nSPS) is 11.3. The van der Waals surface area contributed by atoms with Crippen LogP contribution in [0.4, 0.5) is 0 Å². The molecule has 4 aromatic rings. The molecule has 0 saturated heterocycles. The fourth-order valence-electron chi connectivity index (χ4n) is 2.73. The molecule has 0 saturated carbocycles. The molecule has 4 rings (SSSR count). The van der Waals surface area contributed by atoms with E-state index in [2.05, 4.69) is 32.1 Å². The lowest BCUT2D eigenvalue weighted by molar-refractivity contribution is 0.565. The third-order valence-electron chi connectivity index (χ3n) is 3.92. The Bertz CT molecular complexity index is 902. The molecule has 3 heterocycles. The Labute approximate surface area is 127 Å². The van der Waals surface area contributed by atoms with Gasteiger partial charge in [-0.2, -0.15) is 0 Å². The van der Waals surface area contributed by atoms with Gasteiger partial charge >= 0.3 is 0 Å². The summed E-state index contributed by atoms with van der Waals surface area (Å²) in [5, 5.41) is 1.14. The summed E-state index contributed by atoms with van der Waals surface area (Å²) in [6.07, 6.45) is 9.37. The van der Waals surface area contributed by atoms with Gasteiger partial charge in [0.1, 0.15) is 5.58 Å². The minimum atomic E-state index is 0.822. The zero-order chi connectivity index (χ0) is 14.9. The van der Waals surface area contributed by atoms with Crippen LogP contribution in [-0.2, 0) is 13.1 Å². The van der Waals surface area contributed by atoms with Crippen molar-refractivity contribution in [1.29, 1.82) is 0 Å². The van der Waals surface area contributed by atoms with Gasteiger partial charge in [0.15, 0.2) is 11.6 Å². The summed E-state index contributed by atoms with van der Waals surface area (Å²) in [6, 6.07) is 8.09. The van der Waals surface area contributed by atoms with Crippen LogP contribution in [0.2, 0.25) is 0 Å². The van der Waals surface area contributed by atoms with Gasteiger partial charge in [0.05, 0.1) is 6.33 Å². The van der Waals surface area contributed by atoms with Crippen molar-refractivity contribution in [3.05, 3.63) is 60.9 Å². The third-order valence-corrected chi connectivity index (χ3v) is 3.92. The Hall–Kier alpha value is -2.82. The van der Waals surface area contributed by atoms with Crippen LogP contribution in [0.25, 0.3) is 22.6 Å². The Balaban J connectivity index is 1.70. The maximum absolute atomic E-state index is 6.02. The van der Waals surface area contributed by atoms with Crippen molar-refractivity contribution in [3.63, 3.8) is 0 Å². The lowest BCUT2D eigenvalue weighted by Gasteiger charge is -2.07. The number of hydrogen-bond acceptors (Lipinski definition) is 3. The van der Waals surface area contributed by atoms with E-state index in [0.29, 0.717) is 0 Å². The molecule has 0 amide bonds. The quantitative estimate of drug-likeness (QED) is 0.578. The van der Waals surface area contributed by atoms with E-state index in [1.165, 1.54) is 0 Å². The predicted molar refractivity (Wildman–Crippen MR) is 84.4 cm³/mol. The Morgan fingerprint density at radius 1 is 1.09 bits per heavy atom. The molecule has 0 bridgehead atoms. The summed E-state index contributed by atoms with van der Waals surface area (Å²) >= 11 is 0. The van der Waals surface area contributed by atoms with E-state index in [9.17, 15) is 0 Å². The molecule has 5 nitrogen and oxygen atoms in total. The highest BCUT2D eigenvalue weighted by Crippen LogP contribution is 2.31. The largest absolute Gasteiger partial charge is 0.453 e. The number of aryl methyl sites for hydroxylation is 3. The van der Waals surface area contributed by atoms with Crippen molar-refractivity contribution in [2.45, 2.75) is 20.0 Å². The van der Waals surface area contributed by atoms with Crippen molar-refractivity contribution < 1.29 is 4.42 Å². The molecule has 1 aromatic carbocycles. The van der Waals surface area contributed by atoms with Gasteiger partial charge in [-0.15, -0.1) is 0 Å². The molecule has 110 valence electrons. The second-order valence-corrected chi connectivity index (χ2v) is 5.30. The summed E-state index contributed by atoms with van der Waals surface area (Å²) in [4.78, 5) is 8.55. The SMILES string of the molecule is Cc1c(-c2nccn2CCn2ccnc2)oc2ccccc12. The van der Waals surface area contributed by atoms with Crippen LogP contribution in [0.1, 0.15) is 5.56 Å². The molecule has 3 aromatic heterocycles. The van der Waals surface area contributed by atoms with E-state index in [-0.39, 0.29) is 0 Å². The molecule has 0 aliphatic rings. The van der Waals surface area contributed by atoms with Gasteiger partial charge in [-0.05, 0) is 13.0 Å². The summed E-state index contributed by atoms with van der Waals surface area (Å²) in [5.41, 5.74) is 2.03. The first-order valence-corrected chi connectivity index (χ1v) is 7.28. The molecule has 0 spiro atoms. The number of aromatic nitrogens is 4. The summed E-state index contributed by atoms with van der Waals surface area (Å²) in [6.45, 7) is 3.75. The van der Waals surface area contributed by atoms with Gasteiger partial charge in [-0.25, -0.2) is 9.97 Å². The van der Waals surface area contributed by atoms with Gasteiger partial charge in [0, 0.05) is 48.8 Å². The first-order chi connectivity index (χ1) is 10.8. The van der Waals surface area contributed by atoms with Crippen LogP contribution < -0.4 is 0 Å². The van der Waals surface area contributed by atoms with E-state index in [0.717, 1.165) is 41.2 Å². The second kappa shape index (κ2) is 5.18. The molecule has 0 unspecified atom stereocenters. The van der Waals surface area contributed by atoms with E-state index in [1.807, 2.05) is 43.1 Å². The zero-order valence-corrected chi connectivity index (χ0v) is 12.3. The van der Waals surface area contributed by atoms with Gasteiger partial charge in [0.25, 0.3) is 0 Å². The van der Waals surface area contributed by atoms with Gasteiger partial charge in [0.2, 0.25) is 0 Å². The first kappa shape index (κ1) is 12.9. The van der Waals surface area contributed by atoms with Crippen LogP contribution in [0.3, 0.4) is 0 Å². The van der Waals surface area contributed by atoms with Crippen molar-refractivity contribution in [1.82, 2.24) is 19.1 Å². The highest BCUT2D eigenvalue weighted by atomic mass is 16.3. The molecular weight excluding hydrogens is 276 g/mol. The fourth-order valence-corrected chi connectivity index (χ4v) is 2.73. The number of imidazole rings is 2. The van der Waals surface area contributed by atoms with Crippen molar-refractivity contribution >= 4 is 11.0 Å². The number of para-hydroxylation sites is 1. The Morgan fingerprint density at radius 2 is 2.00 bits per heavy atom. The van der Waals surface area contributed by atoms with Crippen LogP contribution in [0.15, 0.2) is 59.8 Å². The number of nitrogens with zero attached hydrogens (tertiary/aromatic N) is 4. The molecule has 0 N–H and O–H groups in total. The maximum Gasteiger partial charge on any atom is 0.176 e. The molecule has 22 heavy (non-hydrogen) atoms. The van der Waals surface area contributed by atoms with E-state index in [4.69, 9.17) is 4.42 Å². The lowest BCUT2D eigenvalue weighted by Crippen LogP contribution is -2.06. The summed E-state index contributed by atoms with van der Waals surface area (Å²) < 4.78 is 10.2. The third kappa shape index (κ3) is 2.11. The van der Waals surface area contributed by atoms with Crippen molar-refractivity contribution in [2.24, 2.45) is 0 Å². The smallest absolute Gasteiger partial charge is 0.176 e. The average Bonchev–Trinajstić information content (AvgIpc) is 3.25. The minimum absolute atomic E-state index is 0.822. The van der Waals surface area contributed by atoms with E-state index in [1.54, 1.807) is 6.20 Å². The molecule has 5 heteroatoms. The highest BCUT2D eigenvalue weighted by Gasteiger charge is 2.16. The Morgan fingerprint density at radius 3 is 2.82 bits per heavy atom. The number of fused-ring (bicyclic) bond motifs is 1. The fraction of sp³-hybridized carbons (Fsp3) is 0.176. The van der Waals surface area contributed by atoms with Crippen molar-refractivity contribution in [2.75, 3.05) is 0 Å². The van der Waals surface area contributed by atoms with Gasteiger partial charge in [-0.1, -0.05) is 18.2 Å². The molecular formula is C17H16N4O. The monoisotopic (exact) mass is 292 g/mol. The molecule has 0 atom stereocenters. The molecule has 0 fully saturated rings. The molecule has 0 radical (unpaired) electrons. The van der Waals surface area contributed by atoms with Crippen LogP contribution in [0.5, 0.6) is 0 Å². The standard InChI is InChI=1S/C17H16N4O/c1-13-14-4-2-3-5-15(14)22-16(13)17-19-7-9-21(17)11-10-20-8-6-18-12-20/h2-9,12H,10-11H2,1H3. The van der Waals surface area contributed by atoms with Gasteiger partial charge < -0.3 is 13.6 Å². The zero-order valence-electron chi connectivity index (χ0n) is 12.3. The number of rotatable bonds is 4. The van der Waals surface area contributed by atoms with Crippen LogP contribution >= 0.6 is 0 Å². The average molecular weight is 292 g/mol. The summed E-state index contributed by atoms with van der Waals surface area (Å²) in [7, 11) is 0. The molecule has 0 aliphatic carbocycles. The number of hydrogen-bond donors (Lipinski definition) is 0. The maximum atomic E-state index is 6.02. The van der Waals surface area contributed by atoms with Crippen LogP contribution in [0, 0.1) is 6.92 Å². The van der Waals surface area contributed by atoms with Crippen LogP contribution in [-0.4, -0.2) is 19.1 Å². The Kier molecular flexibility index (Phi) is 3.04. The lowest BCUT2D eigenvalue weighted by atomic mass is 10.1. The number of furan rings is 1. The summed E-state index contributed by atoms with van der Waals surface area (Å²) in [5.74, 6) is 1.71. The first-order valence-electron chi connectivity index (χ1n) is 7.28. The van der Waals surface area contributed by atoms with E-state index < -0.39 is 0 Å². The van der Waals surface area contributed by atoms with Crippen molar-refractivity contribution in [3.8, 4) is 11.6 Å². The topological polar surface area (TPSA) is 48.8 Å². The predicted octanol–water partition coefficient (Wildman–Crippen LogP) is 3.50. The second-order valence-electron chi connectivity index (χ2n) is 5.30.